The van der Waals surface area contributed by atoms with Crippen molar-refractivity contribution < 1.29 is 4.74 Å². The number of hydrogen-bond donors (Lipinski definition) is 1. The highest BCUT2D eigenvalue weighted by molar-refractivity contribution is 5.18. The quantitative estimate of drug-likeness (QED) is 0.861. The van der Waals surface area contributed by atoms with E-state index in [1.165, 1.54) is 17.5 Å². The SMILES string of the molecule is C[C@@H](N[C@@H]1CC[C@@H]1OCc1ccccc1)c1ccccc1. The summed E-state index contributed by atoms with van der Waals surface area (Å²) in [6.07, 6.45) is 2.71. The zero-order valence-corrected chi connectivity index (χ0v) is 12.5. The van der Waals surface area contributed by atoms with Crippen molar-refractivity contribution in [2.75, 3.05) is 0 Å². The first-order chi connectivity index (χ1) is 10.3. The van der Waals surface area contributed by atoms with E-state index >= 15 is 0 Å². The molecule has 2 aromatic rings. The van der Waals surface area contributed by atoms with Crippen molar-refractivity contribution in [3.63, 3.8) is 0 Å². The first kappa shape index (κ1) is 14.3. The van der Waals surface area contributed by atoms with Crippen molar-refractivity contribution in [2.45, 2.75) is 44.6 Å². The van der Waals surface area contributed by atoms with Crippen LogP contribution < -0.4 is 5.32 Å². The van der Waals surface area contributed by atoms with Gasteiger partial charge >= 0.3 is 0 Å². The second-order valence-electron chi connectivity index (χ2n) is 5.82. The van der Waals surface area contributed by atoms with Crippen LogP contribution in [0.25, 0.3) is 0 Å². The lowest BCUT2D eigenvalue weighted by Gasteiger charge is -2.39. The topological polar surface area (TPSA) is 21.3 Å². The van der Waals surface area contributed by atoms with Crippen LogP contribution in [0.15, 0.2) is 60.7 Å². The number of benzene rings is 2. The minimum Gasteiger partial charge on any atom is -0.372 e. The Balaban J connectivity index is 1.49. The molecule has 0 aromatic heterocycles. The maximum Gasteiger partial charge on any atom is 0.0733 e. The molecule has 1 fully saturated rings. The molecule has 0 unspecified atom stereocenters. The van der Waals surface area contributed by atoms with Gasteiger partial charge in [0, 0.05) is 12.1 Å². The van der Waals surface area contributed by atoms with Gasteiger partial charge in [-0.3, -0.25) is 0 Å². The average Bonchev–Trinajstić information content (AvgIpc) is 2.53. The van der Waals surface area contributed by atoms with Crippen LogP contribution in [0, 0.1) is 0 Å². The minimum atomic E-state index is 0.344. The van der Waals surface area contributed by atoms with Crippen molar-refractivity contribution >= 4 is 0 Å². The highest BCUT2D eigenvalue weighted by Gasteiger charge is 2.32. The van der Waals surface area contributed by atoms with Gasteiger partial charge in [0.15, 0.2) is 0 Å². The molecule has 110 valence electrons. The van der Waals surface area contributed by atoms with Crippen LogP contribution in [-0.2, 0) is 11.3 Å². The second-order valence-corrected chi connectivity index (χ2v) is 5.82. The van der Waals surface area contributed by atoms with Gasteiger partial charge in [0.25, 0.3) is 0 Å². The summed E-state index contributed by atoms with van der Waals surface area (Å²) in [7, 11) is 0. The Kier molecular flexibility index (Phi) is 4.69. The van der Waals surface area contributed by atoms with Gasteiger partial charge in [0.1, 0.15) is 0 Å². The lowest BCUT2D eigenvalue weighted by Crippen LogP contribution is -2.49. The largest absolute Gasteiger partial charge is 0.372 e. The molecular formula is C19H23NO. The Hall–Kier alpha value is -1.64. The molecule has 0 aliphatic heterocycles. The Morgan fingerprint density at radius 3 is 2.29 bits per heavy atom. The van der Waals surface area contributed by atoms with Crippen LogP contribution in [0.4, 0.5) is 0 Å². The third-order valence-corrected chi connectivity index (χ3v) is 4.28. The Bertz CT molecular complexity index is 540. The normalized spacial score (nSPS) is 22.5. The molecule has 1 saturated carbocycles. The predicted octanol–water partition coefficient (Wildman–Crippen LogP) is 4.09. The van der Waals surface area contributed by atoms with Crippen molar-refractivity contribution in [3.8, 4) is 0 Å². The fourth-order valence-electron chi connectivity index (χ4n) is 2.80. The number of ether oxygens (including phenoxy) is 1. The van der Waals surface area contributed by atoms with Gasteiger partial charge in [-0.05, 0) is 30.9 Å². The Labute approximate surface area is 127 Å². The van der Waals surface area contributed by atoms with Gasteiger partial charge in [-0.25, -0.2) is 0 Å². The van der Waals surface area contributed by atoms with Gasteiger partial charge in [-0.15, -0.1) is 0 Å². The molecule has 3 rings (SSSR count). The summed E-state index contributed by atoms with van der Waals surface area (Å²) in [6, 6.07) is 21.9. The molecule has 0 spiro atoms. The molecule has 0 saturated heterocycles. The van der Waals surface area contributed by atoms with Crippen molar-refractivity contribution in [2.24, 2.45) is 0 Å². The first-order valence-electron chi connectivity index (χ1n) is 7.79. The monoisotopic (exact) mass is 281 g/mol. The molecule has 2 nitrogen and oxygen atoms in total. The lowest BCUT2D eigenvalue weighted by atomic mass is 9.87. The molecule has 21 heavy (non-hydrogen) atoms. The predicted molar refractivity (Wildman–Crippen MR) is 86.0 cm³/mol. The van der Waals surface area contributed by atoms with E-state index in [1.807, 2.05) is 6.07 Å². The van der Waals surface area contributed by atoms with Gasteiger partial charge in [-0.1, -0.05) is 60.7 Å². The van der Waals surface area contributed by atoms with E-state index in [1.54, 1.807) is 0 Å². The van der Waals surface area contributed by atoms with Crippen LogP contribution >= 0.6 is 0 Å². The summed E-state index contributed by atoms with van der Waals surface area (Å²) in [6.45, 7) is 2.94. The number of rotatable bonds is 6. The molecule has 2 heteroatoms. The van der Waals surface area contributed by atoms with Crippen molar-refractivity contribution in [1.29, 1.82) is 0 Å². The van der Waals surface area contributed by atoms with E-state index in [2.05, 4.69) is 66.8 Å². The van der Waals surface area contributed by atoms with Gasteiger partial charge in [-0.2, -0.15) is 0 Å². The van der Waals surface area contributed by atoms with E-state index in [-0.39, 0.29) is 0 Å². The fourth-order valence-corrected chi connectivity index (χ4v) is 2.80. The third-order valence-electron chi connectivity index (χ3n) is 4.28. The van der Waals surface area contributed by atoms with Crippen LogP contribution in [0.1, 0.15) is 36.9 Å². The summed E-state index contributed by atoms with van der Waals surface area (Å²) in [4.78, 5) is 0. The lowest BCUT2D eigenvalue weighted by molar-refractivity contribution is -0.0387. The smallest absolute Gasteiger partial charge is 0.0733 e. The summed E-state index contributed by atoms with van der Waals surface area (Å²) < 4.78 is 6.05. The van der Waals surface area contributed by atoms with E-state index in [0.717, 1.165) is 6.42 Å². The molecule has 3 atom stereocenters. The maximum atomic E-state index is 6.05. The summed E-state index contributed by atoms with van der Waals surface area (Å²) in [5.74, 6) is 0. The first-order valence-corrected chi connectivity index (χ1v) is 7.79. The molecule has 0 heterocycles. The zero-order chi connectivity index (χ0) is 14.5. The molecule has 0 bridgehead atoms. The minimum absolute atomic E-state index is 0.344. The summed E-state index contributed by atoms with van der Waals surface area (Å²) >= 11 is 0. The fraction of sp³-hybridized carbons (Fsp3) is 0.368. The molecular weight excluding hydrogens is 258 g/mol. The van der Waals surface area contributed by atoms with Crippen molar-refractivity contribution in [1.82, 2.24) is 5.32 Å². The van der Waals surface area contributed by atoms with Gasteiger partial charge in [0.2, 0.25) is 0 Å². The van der Waals surface area contributed by atoms with Gasteiger partial charge < -0.3 is 10.1 Å². The van der Waals surface area contributed by atoms with E-state index in [0.29, 0.717) is 24.8 Å². The van der Waals surface area contributed by atoms with Gasteiger partial charge in [0.05, 0.1) is 12.7 Å². The average molecular weight is 281 g/mol. The molecule has 1 aliphatic rings. The molecule has 1 N–H and O–H groups in total. The Morgan fingerprint density at radius 1 is 1.00 bits per heavy atom. The van der Waals surface area contributed by atoms with E-state index in [4.69, 9.17) is 4.74 Å². The summed E-state index contributed by atoms with van der Waals surface area (Å²) in [5.41, 5.74) is 2.59. The highest BCUT2D eigenvalue weighted by atomic mass is 16.5. The van der Waals surface area contributed by atoms with Crippen molar-refractivity contribution in [3.05, 3.63) is 71.8 Å². The van der Waals surface area contributed by atoms with Crippen LogP contribution in [0.2, 0.25) is 0 Å². The number of nitrogens with one attached hydrogen (secondary N) is 1. The van der Waals surface area contributed by atoms with Crippen LogP contribution in [-0.4, -0.2) is 12.1 Å². The number of hydrogen-bond acceptors (Lipinski definition) is 2. The Morgan fingerprint density at radius 2 is 1.67 bits per heavy atom. The van der Waals surface area contributed by atoms with E-state index < -0.39 is 0 Å². The molecule has 2 aromatic carbocycles. The van der Waals surface area contributed by atoms with Crippen LogP contribution in [0.3, 0.4) is 0 Å². The van der Waals surface area contributed by atoms with E-state index in [9.17, 15) is 0 Å². The maximum absolute atomic E-state index is 6.05. The second kappa shape index (κ2) is 6.88. The zero-order valence-electron chi connectivity index (χ0n) is 12.5. The molecule has 1 aliphatic carbocycles. The molecule has 0 radical (unpaired) electrons. The highest BCUT2D eigenvalue weighted by Crippen LogP contribution is 2.27. The summed E-state index contributed by atoms with van der Waals surface area (Å²) in [5, 5.41) is 3.69. The third kappa shape index (κ3) is 3.72. The molecule has 0 amide bonds. The standard InChI is InChI=1S/C19H23NO/c1-15(17-10-6-3-7-11-17)20-18-12-13-19(18)21-14-16-8-4-2-5-9-16/h2-11,15,18-20H,12-14H2,1H3/t15-,18-,19+/m1/s1. The van der Waals surface area contributed by atoms with Crippen LogP contribution in [0.5, 0.6) is 0 Å².